The van der Waals surface area contributed by atoms with Gasteiger partial charge in [0.15, 0.2) is 11.6 Å². The minimum Gasteiger partial charge on any atom is -0.456 e. The van der Waals surface area contributed by atoms with E-state index in [1.54, 1.807) is 0 Å². The van der Waals surface area contributed by atoms with Gasteiger partial charge in [-0.2, -0.15) is 9.97 Å². The van der Waals surface area contributed by atoms with Gasteiger partial charge in [-0.25, -0.2) is 4.98 Å². The quantitative estimate of drug-likeness (QED) is 0.179. The highest BCUT2D eigenvalue weighted by Gasteiger charge is 2.23. The molecule has 0 atom stereocenters. The molecular formula is C51H28N4O2S. The zero-order valence-electron chi connectivity index (χ0n) is 30.7. The first-order chi connectivity index (χ1) is 28.7. The highest BCUT2D eigenvalue weighted by atomic mass is 32.1. The lowest BCUT2D eigenvalue weighted by atomic mass is 9.99. The molecule has 0 saturated carbocycles. The average Bonchev–Trinajstić information content (AvgIpc) is 4.04. The maximum Gasteiger partial charge on any atom is 0.238 e. The van der Waals surface area contributed by atoms with E-state index in [4.69, 9.17) is 23.8 Å². The lowest BCUT2D eigenvalue weighted by molar-refractivity contribution is 0.668. The van der Waals surface area contributed by atoms with Gasteiger partial charge in [-0.3, -0.25) is 4.57 Å². The van der Waals surface area contributed by atoms with Crippen LogP contribution < -0.4 is 0 Å². The van der Waals surface area contributed by atoms with Crippen molar-refractivity contribution < 1.29 is 8.83 Å². The summed E-state index contributed by atoms with van der Waals surface area (Å²) in [7, 11) is 0. The van der Waals surface area contributed by atoms with Crippen LogP contribution in [-0.2, 0) is 0 Å². The number of nitrogens with zero attached hydrogens (tertiary/aromatic N) is 4. The van der Waals surface area contributed by atoms with Gasteiger partial charge in [0.25, 0.3) is 0 Å². The predicted octanol–water partition coefficient (Wildman–Crippen LogP) is 14.1. The molecule has 5 aromatic heterocycles. The van der Waals surface area contributed by atoms with Crippen molar-refractivity contribution in [1.82, 2.24) is 19.5 Å². The molecular weight excluding hydrogens is 733 g/mol. The summed E-state index contributed by atoms with van der Waals surface area (Å²) in [5.41, 5.74) is 9.24. The summed E-state index contributed by atoms with van der Waals surface area (Å²) in [6, 6.07) is 58.9. The maximum atomic E-state index is 6.59. The number of furan rings is 2. The number of fused-ring (bicyclic) bond motifs is 13. The molecule has 0 amide bonds. The van der Waals surface area contributed by atoms with Crippen molar-refractivity contribution in [1.29, 1.82) is 0 Å². The van der Waals surface area contributed by atoms with Crippen molar-refractivity contribution in [3.8, 4) is 39.9 Å². The lowest BCUT2D eigenvalue weighted by Gasteiger charge is -2.11. The Hall–Kier alpha value is -7.61. The molecule has 5 heterocycles. The van der Waals surface area contributed by atoms with Crippen molar-refractivity contribution in [3.63, 3.8) is 0 Å². The van der Waals surface area contributed by atoms with Crippen molar-refractivity contribution in [2.45, 2.75) is 0 Å². The Morgan fingerprint density at radius 2 is 1.05 bits per heavy atom. The topological polar surface area (TPSA) is 69.9 Å². The molecule has 0 fully saturated rings. The average molecular weight is 761 g/mol. The van der Waals surface area contributed by atoms with E-state index >= 15 is 0 Å². The molecule has 13 aromatic rings. The predicted molar refractivity (Wildman–Crippen MR) is 238 cm³/mol. The van der Waals surface area contributed by atoms with Gasteiger partial charge in [-0.15, -0.1) is 11.3 Å². The van der Waals surface area contributed by atoms with E-state index in [2.05, 4.69) is 132 Å². The maximum absolute atomic E-state index is 6.59. The molecule has 0 saturated heterocycles. The summed E-state index contributed by atoms with van der Waals surface area (Å²) >= 11 is 1.83. The monoisotopic (exact) mass is 760 g/mol. The van der Waals surface area contributed by atoms with E-state index in [-0.39, 0.29) is 0 Å². The Balaban J connectivity index is 1.10. The Morgan fingerprint density at radius 1 is 0.379 bits per heavy atom. The zero-order chi connectivity index (χ0) is 37.9. The second kappa shape index (κ2) is 11.9. The van der Waals surface area contributed by atoms with Gasteiger partial charge < -0.3 is 8.83 Å². The largest absolute Gasteiger partial charge is 0.456 e. The summed E-state index contributed by atoms with van der Waals surface area (Å²) in [5, 5.41) is 8.95. The Morgan fingerprint density at radius 3 is 1.93 bits per heavy atom. The van der Waals surface area contributed by atoms with Crippen molar-refractivity contribution >= 4 is 97.2 Å². The molecule has 0 N–H and O–H groups in total. The van der Waals surface area contributed by atoms with Gasteiger partial charge in [-0.05, 0) is 65.7 Å². The first kappa shape index (κ1) is 31.6. The summed E-state index contributed by atoms with van der Waals surface area (Å²) in [6.45, 7) is 0. The third-order valence-corrected chi connectivity index (χ3v) is 12.6. The fraction of sp³-hybridized carbons (Fsp3) is 0. The number of benzene rings is 8. The van der Waals surface area contributed by atoms with Crippen molar-refractivity contribution in [2.75, 3.05) is 0 Å². The molecule has 0 bridgehead atoms. The molecule has 0 unspecified atom stereocenters. The van der Waals surface area contributed by atoms with E-state index in [0.29, 0.717) is 17.6 Å². The van der Waals surface area contributed by atoms with Crippen LogP contribution in [0.15, 0.2) is 179 Å². The van der Waals surface area contributed by atoms with E-state index in [1.807, 2.05) is 53.8 Å². The molecule has 8 aromatic carbocycles. The van der Waals surface area contributed by atoms with Crippen LogP contribution in [0.1, 0.15) is 0 Å². The van der Waals surface area contributed by atoms with Crippen LogP contribution in [0.2, 0.25) is 0 Å². The van der Waals surface area contributed by atoms with Gasteiger partial charge in [0, 0.05) is 63.6 Å². The van der Waals surface area contributed by atoms with Crippen molar-refractivity contribution in [2.24, 2.45) is 0 Å². The third kappa shape index (κ3) is 4.50. The molecule has 270 valence electrons. The summed E-state index contributed by atoms with van der Waals surface area (Å²) in [5.74, 6) is 1.63. The van der Waals surface area contributed by atoms with Gasteiger partial charge in [-0.1, -0.05) is 115 Å². The number of hydrogen-bond donors (Lipinski definition) is 0. The SMILES string of the molecule is c1ccc(-c2cccc3oc4cc(-c5nc(-c6cccc7oc8ccccc8c67)nc(-n6c7ccccc7c7c8c(ccc76)sc6ccccc68)n5)ccc4c23)cc1. The molecule has 0 aliphatic rings. The lowest BCUT2D eigenvalue weighted by Crippen LogP contribution is -2.06. The van der Waals surface area contributed by atoms with E-state index in [1.165, 1.54) is 25.6 Å². The summed E-state index contributed by atoms with van der Waals surface area (Å²) in [6.07, 6.45) is 0. The van der Waals surface area contributed by atoms with Gasteiger partial charge in [0.05, 0.1) is 11.0 Å². The highest BCUT2D eigenvalue weighted by molar-refractivity contribution is 7.26. The fourth-order valence-electron chi connectivity index (χ4n) is 8.99. The normalized spacial score (nSPS) is 12.1. The second-order valence-electron chi connectivity index (χ2n) is 14.7. The van der Waals surface area contributed by atoms with E-state index < -0.39 is 0 Å². The minimum atomic E-state index is 0.533. The van der Waals surface area contributed by atoms with E-state index in [9.17, 15) is 0 Å². The van der Waals surface area contributed by atoms with Gasteiger partial charge >= 0.3 is 0 Å². The Labute approximate surface area is 333 Å². The molecule has 6 nitrogen and oxygen atoms in total. The number of hydrogen-bond acceptors (Lipinski definition) is 6. The number of aromatic nitrogens is 4. The summed E-state index contributed by atoms with van der Waals surface area (Å²) in [4.78, 5) is 16.0. The Kier molecular flexibility index (Phi) is 6.50. The summed E-state index contributed by atoms with van der Waals surface area (Å²) < 4.78 is 17.6. The molecule has 0 radical (unpaired) electrons. The van der Waals surface area contributed by atoms with Gasteiger partial charge in [0.2, 0.25) is 5.95 Å². The van der Waals surface area contributed by atoms with Crippen LogP contribution in [0.3, 0.4) is 0 Å². The van der Waals surface area contributed by atoms with Crippen LogP contribution in [-0.4, -0.2) is 19.5 Å². The second-order valence-corrected chi connectivity index (χ2v) is 15.8. The number of para-hydroxylation sites is 2. The number of thiophene rings is 1. The van der Waals surface area contributed by atoms with Gasteiger partial charge in [0.1, 0.15) is 22.3 Å². The van der Waals surface area contributed by atoms with Crippen LogP contribution in [0, 0.1) is 0 Å². The molecule has 13 rings (SSSR count). The van der Waals surface area contributed by atoms with Crippen LogP contribution in [0.25, 0.3) is 126 Å². The first-order valence-corrected chi connectivity index (χ1v) is 20.1. The molecule has 7 heteroatoms. The fourth-order valence-corrected chi connectivity index (χ4v) is 10.1. The van der Waals surface area contributed by atoms with Crippen LogP contribution >= 0.6 is 11.3 Å². The first-order valence-electron chi connectivity index (χ1n) is 19.3. The number of rotatable bonds is 4. The molecule has 0 aliphatic carbocycles. The highest BCUT2D eigenvalue weighted by Crippen LogP contribution is 2.44. The zero-order valence-corrected chi connectivity index (χ0v) is 31.5. The minimum absolute atomic E-state index is 0.533. The van der Waals surface area contributed by atoms with E-state index in [0.717, 1.165) is 82.6 Å². The molecule has 0 aliphatic heterocycles. The Bertz CT molecular complexity index is 3820. The standard InChI is InChI=1S/C51H28N4O2S/c1-2-12-29(13-3-1)31-17-10-21-40-45(31)34-25-24-30(28-42(34)57-40)49-52-50(36-18-11-22-41-46(36)33-15-5-8-20-39(33)56-41)54-51(53-49)55-37-19-7-4-14-32(37)47-38(55)26-27-44-48(47)35-16-6-9-23-43(35)58-44/h1-28H. The molecule has 0 spiro atoms. The third-order valence-electron chi connectivity index (χ3n) is 11.5. The smallest absolute Gasteiger partial charge is 0.238 e. The molecule has 58 heavy (non-hydrogen) atoms. The van der Waals surface area contributed by atoms with Crippen LogP contribution in [0.5, 0.6) is 0 Å². The van der Waals surface area contributed by atoms with Crippen LogP contribution in [0.4, 0.5) is 0 Å². The van der Waals surface area contributed by atoms with Crippen molar-refractivity contribution in [3.05, 3.63) is 170 Å².